The summed E-state index contributed by atoms with van der Waals surface area (Å²) in [6.07, 6.45) is 3.20. The van der Waals surface area contributed by atoms with Crippen molar-refractivity contribution in [3.63, 3.8) is 0 Å². The van der Waals surface area contributed by atoms with Crippen LogP contribution in [0.4, 0.5) is 28.8 Å². The Labute approximate surface area is 185 Å². The van der Waals surface area contributed by atoms with Gasteiger partial charge in [0.15, 0.2) is 0 Å². The second-order valence-electron chi connectivity index (χ2n) is 6.98. The van der Waals surface area contributed by atoms with Crippen LogP contribution in [0.25, 0.3) is 0 Å². The molecule has 2 aromatic carbocycles. The molecule has 3 N–H and O–H groups in total. The third-order valence-corrected chi connectivity index (χ3v) is 4.53. The first kappa shape index (κ1) is 20.5. The van der Waals surface area contributed by atoms with Crippen molar-refractivity contribution in [1.82, 2.24) is 15.0 Å². The molecule has 0 bridgehead atoms. The van der Waals surface area contributed by atoms with Crippen LogP contribution in [0.3, 0.4) is 0 Å². The van der Waals surface area contributed by atoms with Gasteiger partial charge in [-0.1, -0.05) is 0 Å². The first-order valence-electron chi connectivity index (χ1n) is 9.79. The molecule has 0 aliphatic rings. The predicted octanol–water partition coefficient (Wildman–Crippen LogP) is 4.79. The molecule has 0 unspecified atom stereocenters. The lowest BCUT2D eigenvalue weighted by atomic mass is 10.1. The summed E-state index contributed by atoms with van der Waals surface area (Å²) < 4.78 is 0. The normalized spacial score (nSPS) is 10.1. The van der Waals surface area contributed by atoms with Gasteiger partial charge in [0.05, 0.1) is 11.6 Å². The molecule has 2 heterocycles. The maximum absolute atomic E-state index is 12.4. The van der Waals surface area contributed by atoms with E-state index in [2.05, 4.69) is 30.9 Å². The number of carbonyl (C=O) groups is 1. The highest BCUT2D eigenvalue weighted by atomic mass is 16.1. The van der Waals surface area contributed by atoms with Crippen LogP contribution in [0.1, 0.15) is 21.5 Å². The zero-order valence-electron chi connectivity index (χ0n) is 17.2. The number of anilines is 5. The van der Waals surface area contributed by atoms with E-state index in [9.17, 15) is 4.79 Å². The Morgan fingerprint density at radius 2 is 1.47 bits per heavy atom. The van der Waals surface area contributed by atoms with Crippen molar-refractivity contribution >= 4 is 34.7 Å². The highest BCUT2D eigenvalue weighted by molar-refractivity contribution is 6.04. The maximum atomic E-state index is 12.4. The lowest BCUT2D eigenvalue weighted by Gasteiger charge is -2.10. The molecule has 0 saturated carbocycles. The fourth-order valence-corrected chi connectivity index (χ4v) is 2.91. The smallest absolute Gasteiger partial charge is 0.255 e. The van der Waals surface area contributed by atoms with E-state index in [1.807, 2.05) is 37.3 Å². The van der Waals surface area contributed by atoms with Crippen molar-refractivity contribution in [3.8, 4) is 6.07 Å². The summed E-state index contributed by atoms with van der Waals surface area (Å²) in [4.78, 5) is 25.1. The number of nitriles is 1. The van der Waals surface area contributed by atoms with Crippen molar-refractivity contribution in [2.75, 3.05) is 16.0 Å². The number of hydrogen-bond donors (Lipinski definition) is 3. The second kappa shape index (κ2) is 9.36. The molecule has 32 heavy (non-hydrogen) atoms. The van der Waals surface area contributed by atoms with Gasteiger partial charge in [-0.3, -0.25) is 4.79 Å². The minimum Gasteiger partial charge on any atom is -0.340 e. The second-order valence-corrected chi connectivity index (χ2v) is 6.98. The molecule has 156 valence electrons. The van der Waals surface area contributed by atoms with Crippen LogP contribution < -0.4 is 16.0 Å². The summed E-state index contributed by atoms with van der Waals surface area (Å²) >= 11 is 0. The molecular formula is C24H19N7O. The van der Waals surface area contributed by atoms with Crippen molar-refractivity contribution in [3.05, 3.63) is 95.9 Å². The molecule has 0 atom stereocenters. The molecule has 4 rings (SSSR count). The molecule has 1 amide bonds. The Balaban J connectivity index is 1.39. The Morgan fingerprint density at radius 3 is 2.16 bits per heavy atom. The fourth-order valence-electron chi connectivity index (χ4n) is 2.91. The molecule has 8 heteroatoms. The molecule has 2 aromatic heterocycles. The quantitative estimate of drug-likeness (QED) is 0.410. The van der Waals surface area contributed by atoms with E-state index < -0.39 is 0 Å². The number of nitrogens with zero attached hydrogens (tertiary/aromatic N) is 4. The number of hydrogen-bond acceptors (Lipinski definition) is 7. The topological polar surface area (TPSA) is 116 Å². The number of benzene rings is 2. The minimum absolute atomic E-state index is 0.244. The van der Waals surface area contributed by atoms with Crippen molar-refractivity contribution < 1.29 is 4.79 Å². The summed E-state index contributed by atoms with van der Waals surface area (Å²) in [5, 5.41) is 18.1. The lowest BCUT2D eigenvalue weighted by Crippen LogP contribution is -2.11. The molecule has 0 spiro atoms. The highest BCUT2D eigenvalue weighted by Crippen LogP contribution is 2.21. The third-order valence-electron chi connectivity index (χ3n) is 4.53. The molecule has 0 fully saturated rings. The van der Waals surface area contributed by atoms with E-state index in [1.54, 1.807) is 48.7 Å². The van der Waals surface area contributed by atoms with Gasteiger partial charge in [-0.05, 0) is 73.2 Å². The highest BCUT2D eigenvalue weighted by Gasteiger charge is 2.07. The molecule has 4 aromatic rings. The van der Waals surface area contributed by atoms with Crippen LogP contribution in [-0.4, -0.2) is 20.9 Å². The van der Waals surface area contributed by atoms with E-state index in [1.165, 1.54) is 6.33 Å². The number of nitrogens with one attached hydrogen (secondary N) is 3. The molecule has 0 radical (unpaired) electrons. The van der Waals surface area contributed by atoms with E-state index in [0.717, 1.165) is 11.3 Å². The number of aryl methyl sites for hydroxylation is 1. The van der Waals surface area contributed by atoms with Gasteiger partial charge in [-0.15, -0.1) is 0 Å². The van der Waals surface area contributed by atoms with Gasteiger partial charge >= 0.3 is 0 Å². The SMILES string of the molecule is Cc1ccnc(Nc2cc(Nc3ccc(NC(=O)c4ccc(C#N)cc4)cc3)ncn2)c1. The summed E-state index contributed by atoms with van der Waals surface area (Å²) in [5.41, 5.74) is 3.55. The van der Waals surface area contributed by atoms with E-state index in [4.69, 9.17) is 5.26 Å². The van der Waals surface area contributed by atoms with Crippen molar-refractivity contribution in [1.29, 1.82) is 5.26 Å². The van der Waals surface area contributed by atoms with Gasteiger partial charge in [-0.25, -0.2) is 15.0 Å². The largest absolute Gasteiger partial charge is 0.340 e. The Kier molecular flexibility index (Phi) is 6.00. The summed E-state index contributed by atoms with van der Waals surface area (Å²) in [6, 6.07) is 21.4. The average Bonchev–Trinajstić information content (AvgIpc) is 2.81. The van der Waals surface area contributed by atoms with Gasteiger partial charge in [0.1, 0.15) is 23.8 Å². The summed E-state index contributed by atoms with van der Waals surface area (Å²) in [5.74, 6) is 1.69. The monoisotopic (exact) mass is 421 g/mol. The summed E-state index contributed by atoms with van der Waals surface area (Å²) in [6.45, 7) is 2.00. The Bertz CT molecular complexity index is 1280. The van der Waals surface area contributed by atoms with E-state index in [-0.39, 0.29) is 5.91 Å². The fraction of sp³-hybridized carbons (Fsp3) is 0.0417. The number of pyridine rings is 1. The molecule has 0 aliphatic heterocycles. The van der Waals surface area contributed by atoms with Crippen LogP contribution in [0.5, 0.6) is 0 Å². The molecule has 0 aliphatic carbocycles. The minimum atomic E-state index is -0.244. The van der Waals surface area contributed by atoms with Crippen LogP contribution in [0, 0.1) is 18.3 Å². The molecule has 0 saturated heterocycles. The van der Waals surface area contributed by atoms with Gasteiger partial charge < -0.3 is 16.0 Å². The molecular weight excluding hydrogens is 402 g/mol. The van der Waals surface area contributed by atoms with Gasteiger partial charge in [0.25, 0.3) is 5.91 Å². The average molecular weight is 421 g/mol. The standard InChI is InChI=1S/C24H19N7O/c1-16-10-11-26-21(12-16)31-23-13-22(27-15-28-23)29-19-6-8-20(9-7-19)30-24(32)18-4-2-17(14-25)3-5-18/h2-13,15H,1H3,(H,30,32)(H2,26,27,28,29,31). The zero-order chi connectivity index (χ0) is 22.3. The van der Waals surface area contributed by atoms with Crippen molar-refractivity contribution in [2.45, 2.75) is 6.92 Å². The van der Waals surface area contributed by atoms with Gasteiger partial charge in [-0.2, -0.15) is 5.26 Å². The first-order valence-corrected chi connectivity index (χ1v) is 9.79. The number of aromatic nitrogens is 3. The van der Waals surface area contributed by atoms with Crippen LogP contribution in [0.2, 0.25) is 0 Å². The number of amides is 1. The van der Waals surface area contributed by atoms with Crippen LogP contribution in [0.15, 0.2) is 79.3 Å². The Morgan fingerprint density at radius 1 is 0.812 bits per heavy atom. The predicted molar refractivity (Wildman–Crippen MR) is 123 cm³/mol. The lowest BCUT2D eigenvalue weighted by molar-refractivity contribution is 0.102. The van der Waals surface area contributed by atoms with Crippen molar-refractivity contribution in [2.24, 2.45) is 0 Å². The Hall–Kier alpha value is -4.77. The maximum Gasteiger partial charge on any atom is 0.255 e. The number of carbonyl (C=O) groups excluding carboxylic acids is 1. The van der Waals surface area contributed by atoms with Crippen LogP contribution in [-0.2, 0) is 0 Å². The summed E-state index contributed by atoms with van der Waals surface area (Å²) in [7, 11) is 0. The van der Waals surface area contributed by atoms with E-state index in [0.29, 0.717) is 34.3 Å². The first-order chi connectivity index (χ1) is 15.6. The van der Waals surface area contributed by atoms with Gasteiger partial charge in [0, 0.05) is 29.2 Å². The van der Waals surface area contributed by atoms with Crippen LogP contribution >= 0.6 is 0 Å². The number of rotatable bonds is 6. The molecule has 8 nitrogen and oxygen atoms in total. The van der Waals surface area contributed by atoms with E-state index >= 15 is 0 Å². The third kappa shape index (κ3) is 5.23. The van der Waals surface area contributed by atoms with Gasteiger partial charge in [0.2, 0.25) is 0 Å². The zero-order valence-corrected chi connectivity index (χ0v) is 17.2.